The van der Waals surface area contributed by atoms with E-state index in [-0.39, 0.29) is 5.91 Å². The van der Waals surface area contributed by atoms with Crippen molar-refractivity contribution in [2.24, 2.45) is 0 Å². The van der Waals surface area contributed by atoms with Gasteiger partial charge in [-0.2, -0.15) is 0 Å². The fraction of sp³-hybridized carbons (Fsp3) is 0. The number of hydrogen-bond donors (Lipinski definition) is 2. The molecule has 2 rings (SSSR count). The molecule has 14 heavy (non-hydrogen) atoms. The molecule has 0 radical (unpaired) electrons. The smallest absolute Gasteiger partial charge is 0.276 e. The van der Waals surface area contributed by atoms with Gasteiger partial charge in [-0.3, -0.25) is 4.79 Å². The molecule has 72 valence electrons. The van der Waals surface area contributed by atoms with Crippen LogP contribution in [0.4, 0.5) is 10.9 Å². The second kappa shape index (κ2) is 3.68. The molecule has 0 fully saturated rings. The summed E-state index contributed by atoms with van der Waals surface area (Å²) in [5.74, 6) is 0.0946. The minimum absolute atomic E-state index is 0.292. The van der Waals surface area contributed by atoms with Crippen LogP contribution in [0.25, 0.3) is 0 Å². The SMILES string of the molecule is Nc1nc(C(=O)Nc2csnn2)cs1. The standard InChI is InChI=1S/C6H5N5OS2/c7-6-8-3(1-13-6)5(12)9-4-2-14-11-10-4/h1-2H,(H2,7,8)(H,9,12). The van der Waals surface area contributed by atoms with Crippen LogP contribution in [0.5, 0.6) is 0 Å². The first-order chi connectivity index (χ1) is 6.75. The fourth-order valence-electron chi connectivity index (χ4n) is 0.791. The number of nitrogens with zero attached hydrogens (tertiary/aromatic N) is 3. The quantitative estimate of drug-likeness (QED) is 0.792. The lowest BCUT2D eigenvalue weighted by Crippen LogP contribution is -2.12. The molecule has 0 aliphatic heterocycles. The van der Waals surface area contributed by atoms with Gasteiger partial charge in [-0.15, -0.1) is 16.4 Å². The second-order valence-corrected chi connectivity index (χ2v) is 3.81. The third-order valence-electron chi connectivity index (χ3n) is 1.36. The van der Waals surface area contributed by atoms with Crippen LogP contribution in [0, 0.1) is 0 Å². The molecular formula is C6H5N5OS2. The Morgan fingerprint density at radius 3 is 2.93 bits per heavy atom. The zero-order valence-electron chi connectivity index (χ0n) is 6.80. The highest BCUT2D eigenvalue weighted by Gasteiger charge is 2.10. The molecule has 0 atom stereocenters. The minimum Gasteiger partial charge on any atom is -0.375 e. The summed E-state index contributed by atoms with van der Waals surface area (Å²) in [5.41, 5.74) is 5.68. The number of amides is 1. The van der Waals surface area contributed by atoms with Crippen molar-refractivity contribution in [1.82, 2.24) is 14.6 Å². The molecule has 2 aromatic heterocycles. The topological polar surface area (TPSA) is 93.8 Å². The molecule has 6 nitrogen and oxygen atoms in total. The number of anilines is 2. The number of nitrogens with one attached hydrogen (secondary N) is 1. The molecule has 0 saturated heterocycles. The summed E-state index contributed by atoms with van der Waals surface area (Å²) in [6.45, 7) is 0. The summed E-state index contributed by atoms with van der Waals surface area (Å²) in [4.78, 5) is 15.3. The lowest BCUT2D eigenvalue weighted by molar-refractivity contribution is 0.102. The Labute approximate surface area is 87.0 Å². The predicted molar refractivity (Wildman–Crippen MR) is 54.4 cm³/mol. The lowest BCUT2D eigenvalue weighted by Gasteiger charge is -1.95. The summed E-state index contributed by atoms with van der Waals surface area (Å²) in [6, 6.07) is 0. The zero-order valence-corrected chi connectivity index (χ0v) is 8.43. The van der Waals surface area contributed by atoms with E-state index in [1.165, 1.54) is 11.3 Å². The molecule has 8 heteroatoms. The van der Waals surface area contributed by atoms with Gasteiger partial charge in [0.15, 0.2) is 10.9 Å². The highest BCUT2D eigenvalue weighted by Crippen LogP contribution is 2.12. The van der Waals surface area contributed by atoms with E-state index < -0.39 is 0 Å². The first kappa shape index (κ1) is 9.03. The monoisotopic (exact) mass is 227 g/mol. The van der Waals surface area contributed by atoms with Gasteiger partial charge in [-0.25, -0.2) is 4.98 Å². The van der Waals surface area contributed by atoms with Crippen molar-refractivity contribution in [3.8, 4) is 0 Å². The number of carbonyl (C=O) groups excluding carboxylic acids is 1. The maximum atomic E-state index is 11.4. The number of thiazole rings is 1. The average molecular weight is 227 g/mol. The minimum atomic E-state index is -0.328. The summed E-state index contributed by atoms with van der Waals surface area (Å²) < 4.78 is 3.61. The Balaban J connectivity index is 2.10. The van der Waals surface area contributed by atoms with E-state index in [0.717, 1.165) is 11.5 Å². The number of nitrogens with two attached hydrogens (primary N) is 1. The molecule has 0 spiro atoms. The lowest BCUT2D eigenvalue weighted by atomic mass is 10.4. The molecule has 1 amide bonds. The number of aromatic nitrogens is 3. The van der Waals surface area contributed by atoms with Crippen LogP contribution in [-0.4, -0.2) is 20.5 Å². The fourth-order valence-corrected chi connectivity index (χ4v) is 1.72. The van der Waals surface area contributed by atoms with E-state index in [9.17, 15) is 4.79 Å². The van der Waals surface area contributed by atoms with Gasteiger partial charge >= 0.3 is 0 Å². The Kier molecular flexibility index (Phi) is 2.37. The van der Waals surface area contributed by atoms with Crippen LogP contribution in [-0.2, 0) is 0 Å². The number of nitrogen functional groups attached to an aromatic ring is 1. The van der Waals surface area contributed by atoms with Crippen LogP contribution in [0.2, 0.25) is 0 Å². The second-order valence-electron chi connectivity index (χ2n) is 2.32. The first-order valence-electron chi connectivity index (χ1n) is 3.55. The summed E-state index contributed by atoms with van der Waals surface area (Å²) in [6.07, 6.45) is 0. The maximum absolute atomic E-state index is 11.4. The molecule has 0 unspecified atom stereocenters. The van der Waals surface area contributed by atoms with Gasteiger partial charge in [0.2, 0.25) is 0 Å². The Morgan fingerprint density at radius 1 is 1.50 bits per heavy atom. The van der Waals surface area contributed by atoms with Crippen LogP contribution >= 0.6 is 22.9 Å². The third-order valence-corrected chi connectivity index (χ3v) is 2.53. The van der Waals surface area contributed by atoms with E-state index in [1.54, 1.807) is 10.8 Å². The highest BCUT2D eigenvalue weighted by molar-refractivity contribution is 7.13. The first-order valence-corrected chi connectivity index (χ1v) is 5.27. The predicted octanol–water partition coefficient (Wildman–Crippen LogP) is 0.829. The van der Waals surface area contributed by atoms with Crippen molar-refractivity contribution in [3.05, 3.63) is 16.5 Å². The molecule has 3 N–H and O–H groups in total. The van der Waals surface area contributed by atoms with E-state index in [1.807, 2.05) is 0 Å². The average Bonchev–Trinajstić information content (AvgIpc) is 2.75. The van der Waals surface area contributed by atoms with Crippen molar-refractivity contribution < 1.29 is 4.79 Å². The molecule has 0 bridgehead atoms. The van der Waals surface area contributed by atoms with Crippen LogP contribution < -0.4 is 11.1 Å². The van der Waals surface area contributed by atoms with E-state index in [2.05, 4.69) is 19.9 Å². The Morgan fingerprint density at radius 2 is 2.36 bits per heavy atom. The maximum Gasteiger partial charge on any atom is 0.276 e. The van der Waals surface area contributed by atoms with Crippen LogP contribution in [0.3, 0.4) is 0 Å². The van der Waals surface area contributed by atoms with Crippen molar-refractivity contribution in [1.29, 1.82) is 0 Å². The highest BCUT2D eigenvalue weighted by atomic mass is 32.1. The van der Waals surface area contributed by atoms with Gasteiger partial charge in [0, 0.05) is 5.38 Å². The summed E-state index contributed by atoms with van der Waals surface area (Å²) in [5, 5.41) is 9.79. The molecule has 0 aliphatic rings. The summed E-state index contributed by atoms with van der Waals surface area (Å²) in [7, 11) is 0. The molecule has 0 aliphatic carbocycles. The van der Waals surface area contributed by atoms with Crippen molar-refractivity contribution in [3.63, 3.8) is 0 Å². The van der Waals surface area contributed by atoms with Crippen molar-refractivity contribution in [2.75, 3.05) is 11.1 Å². The van der Waals surface area contributed by atoms with Gasteiger partial charge in [0.05, 0.1) is 5.38 Å². The number of rotatable bonds is 2. The van der Waals surface area contributed by atoms with E-state index in [4.69, 9.17) is 5.73 Å². The van der Waals surface area contributed by atoms with E-state index in [0.29, 0.717) is 16.6 Å². The molecular weight excluding hydrogens is 222 g/mol. The van der Waals surface area contributed by atoms with Gasteiger partial charge in [0.1, 0.15) is 5.69 Å². The Bertz CT molecular complexity index is 437. The van der Waals surface area contributed by atoms with Gasteiger partial charge in [-0.05, 0) is 11.5 Å². The molecule has 0 aromatic carbocycles. The van der Waals surface area contributed by atoms with Crippen LogP contribution in [0.15, 0.2) is 10.8 Å². The number of carbonyl (C=O) groups is 1. The third kappa shape index (κ3) is 1.86. The normalized spacial score (nSPS) is 10.0. The van der Waals surface area contributed by atoms with Gasteiger partial charge < -0.3 is 11.1 Å². The molecule has 0 saturated carbocycles. The molecule has 2 aromatic rings. The van der Waals surface area contributed by atoms with Gasteiger partial charge in [-0.1, -0.05) is 4.49 Å². The Hall–Kier alpha value is -1.54. The van der Waals surface area contributed by atoms with Crippen LogP contribution in [0.1, 0.15) is 10.5 Å². The largest absolute Gasteiger partial charge is 0.375 e. The zero-order chi connectivity index (χ0) is 9.97. The number of hydrogen-bond acceptors (Lipinski definition) is 7. The van der Waals surface area contributed by atoms with E-state index >= 15 is 0 Å². The van der Waals surface area contributed by atoms with Gasteiger partial charge in [0.25, 0.3) is 5.91 Å². The summed E-state index contributed by atoms with van der Waals surface area (Å²) >= 11 is 2.38. The van der Waals surface area contributed by atoms with Crippen molar-refractivity contribution in [2.45, 2.75) is 0 Å². The molecule has 2 heterocycles. The van der Waals surface area contributed by atoms with Crippen molar-refractivity contribution >= 4 is 39.7 Å².